The van der Waals surface area contributed by atoms with Crippen LogP contribution in [0.2, 0.25) is 0 Å². The van der Waals surface area contributed by atoms with Crippen LogP contribution in [0, 0.1) is 28.5 Å². The van der Waals surface area contributed by atoms with Crippen molar-refractivity contribution in [1.82, 2.24) is 0 Å². The highest BCUT2D eigenvalue weighted by molar-refractivity contribution is 5.85. The lowest BCUT2D eigenvalue weighted by molar-refractivity contribution is 0.624. The maximum Gasteiger partial charge on any atom is 0.141 e. The molecular formula is C26H15FN2. The summed E-state index contributed by atoms with van der Waals surface area (Å²) in [7, 11) is 0. The Bertz CT molecular complexity index is 1210. The van der Waals surface area contributed by atoms with Gasteiger partial charge in [-0.2, -0.15) is 10.5 Å². The largest absolute Gasteiger partial charge is 0.206 e. The molecule has 0 N–H and O–H groups in total. The van der Waals surface area contributed by atoms with Crippen LogP contribution in [0.5, 0.6) is 0 Å². The molecule has 4 aromatic rings. The first-order valence-corrected chi connectivity index (χ1v) is 9.10. The number of rotatable bonds is 3. The number of halogens is 1. The van der Waals surface area contributed by atoms with E-state index in [-0.39, 0.29) is 11.1 Å². The summed E-state index contributed by atoms with van der Waals surface area (Å²) in [5, 5.41) is 19.1. The van der Waals surface area contributed by atoms with Crippen molar-refractivity contribution in [2.75, 3.05) is 0 Å². The number of hydrogen-bond acceptors (Lipinski definition) is 2. The minimum atomic E-state index is -0.632. The van der Waals surface area contributed by atoms with Crippen LogP contribution >= 0.6 is 0 Å². The van der Waals surface area contributed by atoms with Crippen LogP contribution in [0.15, 0.2) is 91.0 Å². The molecule has 0 fully saturated rings. The Labute approximate surface area is 168 Å². The van der Waals surface area contributed by atoms with Gasteiger partial charge in [0, 0.05) is 5.56 Å². The van der Waals surface area contributed by atoms with Crippen molar-refractivity contribution in [2.45, 2.75) is 0 Å². The van der Waals surface area contributed by atoms with Crippen LogP contribution in [-0.4, -0.2) is 0 Å². The summed E-state index contributed by atoms with van der Waals surface area (Å²) < 4.78 is 14.4. The molecular weight excluding hydrogens is 359 g/mol. The van der Waals surface area contributed by atoms with Gasteiger partial charge >= 0.3 is 0 Å². The molecule has 3 heteroatoms. The van der Waals surface area contributed by atoms with Gasteiger partial charge in [0.2, 0.25) is 0 Å². The first-order valence-electron chi connectivity index (χ1n) is 9.10. The van der Waals surface area contributed by atoms with E-state index in [1.807, 2.05) is 78.9 Å². The molecule has 136 valence electrons. The molecule has 0 saturated heterocycles. The summed E-state index contributed by atoms with van der Waals surface area (Å²) in [6.45, 7) is 0. The van der Waals surface area contributed by atoms with Crippen LogP contribution < -0.4 is 0 Å². The summed E-state index contributed by atoms with van der Waals surface area (Å²) in [6, 6.07) is 32.2. The van der Waals surface area contributed by atoms with E-state index in [9.17, 15) is 14.9 Å². The highest BCUT2D eigenvalue weighted by Crippen LogP contribution is 2.36. The average Bonchev–Trinajstić information content (AvgIpc) is 2.79. The monoisotopic (exact) mass is 374 g/mol. The molecule has 0 atom stereocenters. The number of nitrogens with zero attached hydrogens (tertiary/aromatic N) is 2. The molecule has 0 unspecified atom stereocenters. The van der Waals surface area contributed by atoms with Crippen LogP contribution in [-0.2, 0) is 0 Å². The van der Waals surface area contributed by atoms with Crippen molar-refractivity contribution in [2.24, 2.45) is 0 Å². The molecule has 0 aliphatic heterocycles. The molecule has 0 heterocycles. The van der Waals surface area contributed by atoms with Gasteiger partial charge < -0.3 is 0 Å². The minimum absolute atomic E-state index is 0.117. The lowest BCUT2D eigenvalue weighted by Gasteiger charge is -2.13. The van der Waals surface area contributed by atoms with Gasteiger partial charge in [-0.1, -0.05) is 60.7 Å². The van der Waals surface area contributed by atoms with E-state index in [4.69, 9.17) is 0 Å². The number of benzene rings is 4. The molecule has 0 saturated carbocycles. The van der Waals surface area contributed by atoms with Crippen molar-refractivity contribution in [3.63, 3.8) is 0 Å². The molecule has 0 aromatic heterocycles. The third-order valence-electron chi connectivity index (χ3n) is 4.82. The third-order valence-corrected chi connectivity index (χ3v) is 4.82. The summed E-state index contributed by atoms with van der Waals surface area (Å²) >= 11 is 0. The van der Waals surface area contributed by atoms with E-state index in [1.54, 1.807) is 0 Å². The standard InChI is InChI=1S/C26H15FN2/c27-25-12-11-20(16-28)26(24(25)17-29)23-14-21(18-7-3-1-4-8-18)13-22(15-23)19-9-5-2-6-10-19/h1-15H. The molecule has 0 spiro atoms. The number of hydrogen-bond donors (Lipinski definition) is 0. The lowest BCUT2D eigenvalue weighted by atomic mass is 9.89. The smallest absolute Gasteiger partial charge is 0.141 e. The van der Waals surface area contributed by atoms with Gasteiger partial charge in [0.15, 0.2) is 0 Å². The molecule has 0 bridgehead atoms. The molecule has 29 heavy (non-hydrogen) atoms. The fourth-order valence-corrected chi connectivity index (χ4v) is 3.45. The molecule has 0 amide bonds. The predicted molar refractivity (Wildman–Crippen MR) is 112 cm³/mol. The van der Waals surface area contributed by atoms with E-state index in [0.29, 0.717) is 11.1 Å². The van der Waals surface area contributed by atoms with Gasteiger partial charge in [-0.05, 0) is 58.1 Å². The lowest BCUT2D eigenvalue weighted by Crippen LogP contribution is -1.95. The van der Waals surface area contributed by atoms with Gasteiger partial charge in [-0.25, -0.2) is 4.39 Å². The topological polar surface area (TPSA) is 47.6 Å². The Balaban J connectivity index is 2.04. The van der Waals surface area contributed by atoms with Crippen molar-refractivity contribution in [1.29, 1.82) is 10.5 Å². The Kier molecular flexibility index (Phi) is 4.89. The fourth-order valence-electron chi connectivity index (χ4n) is 3.45. The maximum atomic E-state index is 14.4. The van der Waals surface area contributed by atoms with Crippen molar-refractivity contribution >= 4 is 0 Å². The van der Waals surface area contributed by atoms with Gasteiger partial charge in [0.25, 0.3) is 0 Å². The van der Waals surface area contributed by atoms with Gasteiger partial charge in [0.1, 0.15) is 11.9 Å². The van der Waals surface area contributed by atoms with Gasteiger partial charge in [-0.15, -0.1) is 0 Å². The normalized spacial score (nSPS) is 10.2. The quantitative estimate of drug-likeness (QED) is 0.407. The summed E-state index contributed by atoms with van der Waals surface area (Å²) in [5.74, 6) is -0.632. The maximum absolute atomic E-state index is 14.4. The zero-order chi connectivity index (χ0) is 20.2. The molecule has 4 rings (SSSR count). The molecule has 0 radical (unpaired) electrons. The fraction of sp³-hybridized carbons (Fsp3) is 0. The predicted octanol–water partition coefficient (Wildman–Crippen LogP) is 6.57. The van der Waals surface area contributed by atoms with Crippen LogP contribution in [0.4, 0.5) is 4.39 Å². The summed E-state index contributed by atoms with van der Waals surface area (Å²) in [5.41, 5.74) is 4.97. The second kappa shape index (κ2) is 7.80. The zero-order valence-electron chi connectivity index (χ0n) is 15.4. The molecule has 4 aromatic carbocycles. The first-order chi connectivity index (χ1) is 14.2. The summed E-state index contributed by atoms with van der Waals surface area (Å²) in [4.78, 5) is 0. The van der Waals surface area contributed by atoms with Crippen LogP contribution in [0.25, 0.3) is 33.4 Å². The van der Waals surface area contributed by atoms with Crippen LogP contribution in [0.3, 0.4) is 0 Å². The molecule has 0 aliphatic rings. The van der Waals surface area contributed by atoms with E-state index < -0.39 is 5.82 Å². The van der Waals surface area contributed by atoms with Gasteiger partial charge in [-0.3, -0.25) is 0 Å². The van der Waals surface area contributed by atoms with Crippen molar-refractivity contribution in [3.8, 4) is 45.5 Å². The Hall–Kier alpha value is -4.21. The zero-order valence-corrected chi connectivity index (χ0v) is 15.4. The third kappa shape index (κ3) is 3.50. The SMILES string of the molecule is N#Cc1ccc(F)c(C#N)c1-c1cc(-c2ccccc2)cc(-c2ccccc2)c1. The van der Waals surface area contributed by atoms with Gasteiger partial charge in [0.05, 0.1) is 17.2 Å². The molecule has 0 aliphatic carbocycles. The second-order valence-corrected chi connectivity index (χ2v) is 6.60. The average molecular weight is 374 g/mol. The van der Waals surface area contributed by atoms with E-state index in [0.717, 1.165) is 22.3 Å². The van der Waals surface area contributed by atoms with E-state index in [2.05, 4.69) is 12.1 Å². The molecule has 2 nitrogen and oxygen atoms in total. The Morgan fingerprint density at radius 2 is 1.07 bits per heavy atom. The van der Waals surface area contributed by atoms with Crippen molar-refractivity contribution < 1.29 is 4.39 Å². The van der Waals surface area contributed by atoms with Crippen molar-refractivity contribution in [3.05, 3.63) is 108 Å². The second-order valence-electron chi connectivity index (χ2n) is 6.60. The highest BCUT2D eigenvalue weighted by atomic mass is 19.1. The summed E-state index contributed by atoms with van der Waals surface area (Å²) in [6.07, 6.45) is 0. The first kappa shape index (κ1) is 18.2. The van der Waals surface area contributed by atoms with E-state index >= 15 is 0 Å². The minimum Gasteiger partial charge on any atom is -0.206 e. The van der Waals surface area contributed by atoms with E-state index in [1.165, 1.54) is 12.1 Å². The highest BCUT2D eigenvalue weighted by Gasteiger charge is 2.17. The Morgan fingerprint density at radius 1 is 0.552 bits per heavy atom. The Morgan fingerprint density at radius 3 is 1.55 bits per heavy atom. The number of nitriles is 2. The van der Waals surface area contributed by atoms with Crippen LogP contribution in [0.1, 0.15) is 11.1 Å².